The molecule has 7 heteroatoms. The number of aromatic hydroxyl groups is 1. The highest BCUT2D eigenvalue weighted by atomic mass is 16.5. The first-order chi connectivity index (χ1) is 14.9. The van der Waals surface area contributed by atoms with Gasteiger partial charge in [-0.2, -0.15) is 0 Å². The van der Waals surface area contributed by atoms with Crippen molar-refractivity contribution in [2.45, 2.75) is 13.0 Å². The van der Waals surface area contributed by atoms with Crippen molar-refractivity contribution < 1.29 is 28.9 Å². The zero-order valence-electron chi connectivity index (χ0n) is 17.4. The van der Waals surface area contributed by atoms with Gasteiger partial charge >= 0.3 is 5.97 Å². The van der Waals surface area contributed by atoms with E-state index in [9.17, 15) is 14.7 Å². The molecular formula is C24H23NO6. The van der Waals surface area contributed by atoms with Crippen LogP contribution in [0.1, 0.15) is 27.6 Å². The summed E-state index contributed by atoms with van der Waals surface area (Å²) in [5.41, 5.74) is 1.78. The number of carbonyl (C=O) groups excluding carboxylic acids is 2. The van der Waals surface area contributed by atoms with Crippen LogP contribution in [0.25, 0.3) is 0 Å². The van der Waals surface area contributed by atoms with Crippen molar-refractivity contribution in [1.29, 1.82) is 0 Å². The van der Waals surface area contributed by atoms with Crippen LogP contribution < -0.4 is 14.8 Å². The molecule has 0 heterocycles. The van der Waals surface area contributed by atoms with E-state index in [2.05, 4.69) is 5.32 Å². The first-order valence-electron chi connectivity index (χ1n) is 9.51. The summed E-state index contributed by atoms with van der Waals surface area (Å²) in [6, 6.07) is 18.2. The molecule has 0 aliphatic rings. The Hall–Kier alpha value is -4.00. The summed E-state index contributed by atoms with van der Waals surface area (Å²) in [6.45, 7) is 1.89. The summed E-state index contributed by atoms with van der Waals surface area (Å²) in [5, 5.41) is 12.9. The quantitative estimate of drug-likeness (QED) is 0.554. The van der Waals surface area contributed by atoms with Gasteiger partial charge in [-0.05, 0) is 36.8 Å². The summed E-state index contributed by atoms with van der Waals surface area (Å²) in [7, 11) is 2.95. The Kier molecular flexibility index (Phi) is 6.77. The topological polar surface area (TPSA) is 94.1 Å². The number of esters is 1. The lowest BCUT2D eigenvalue weighted by atomic mass is 10.1. The second-order valence-electron chi connectivity index (χ2n) is 6.77. The molecule has 0 aliphatic carbocycles. The number of aryl methyl sites for hydroxylation is 1. The van der Waals surface area contributed by atoms with E-state index < -0.39 is 18.0 Å². The van der Waals surface area contributed by atoms with Crippen molar-refractivity contribution in [1.82, 2.24) is 0 Å². The molecule has 0 aliphatic heterocycles. The number of carbonyl (C=O) groups is 2. The number of anilines is 1. The van der Waals surface area contributed by atoms with Crippen molar-refractivity contribution in [2.24, 2.45) is 0 Å². The SMILES string of the molecule is COc1ccc(C(=O)O[C@H](C(=O)Nc2cc(C)ccc2OC)c2ccccc2)c(O)c1. The number of phenolic OH excluding ortho intramolecular Hbond substituents is 1. The number of rotatable bonds is 7. The van der Waals surface area contributed by atoms with Gasteiger partial charge in [0.15, 0.2) is 0 Å². The molecule has 0 saturated carbocycles. The minimum Gasteiger partial charge on any atom is -0.507 e. The molecule has 160 valence electrons. The Morgan fingerprint density at radius 2 is 1.68 bits per heavy atom. The maximum absolute atomic E-state index is 13.1. The van der Waals surface area contributed by atoms with Crippen molar-refractivity contribution in [3.8, 4) is 17.2 Å². The molecule has 7 nitrogen and oxygen atoms in total. The third-order valence-electron chi connectivity index (χ3n) is 4.60. The molecule has 31 heavy (non-hydrogen) atoms. The number of hydrogen-bond acceptors (Lipinski definition) is 6. The maximum atomic E-state index is 13.1. The summed E-state index contributed by atoms with van der Waals surface area (Å²) < 4.78 is 15.9. The Balaban J connectivity index is 1.90. The molecule has 3 rings (SSSR count). The highest BCUT2D eigenvalue weighted by Crippen LogP contribution is 2.30. The predicted molar refractivity (Wildman–Crippen MR) is 116 cm³/mol. The molecule has 0 fully saturated rings. The first-order valence-corrected chi connectivity index (χ1v) is 9.51. The fourth-order valence-electron chi connectivity index (χ4n) is 3.00. The molecule has 3 aromatic carbocycles. The number of methoxy groups -OCH3 is 2. The van der Waals surface area contributed by atoms with Gasteiger partial charge in [-0.1, -0.05) is 36.4 Å². The third kappa shape index (κ3) is 5.14. The van der Waals surface area contributed by atoms with Gasteiger partial charge in [0.2, 0.25) is 6.10 Å². The highest BCUT2D eigenvalue weighted by molar-refractivity contribution is 5.99. The van der Waals surface area contributed by atoms with Gasteiger partial charge in [0, 0.05) is 11.6 Å². The summed E-state index contributed by atoms with van der Waals surface area (Å²) in [4.78, 5) is 25.9. The second-order valence-corrected chi connectivity index (χ2v) is 6.77. The fraction of sp³-hybridized carbons (Fsp3) is 0.167. The third-order valence-corrected chi connectivity index (χ3v) is 4.60. The summed E-state index contributed by atoms with van der Waals surface area (Å²) in [5.74, 6) is -0.850. The van der Waals surface area contributed by atoms with E-state index in [0.29, 0.717) is 22.7 Å². The minimum atomic E-state index is -1.25. The molecule has 0 saturated heterocycles. The smallest absolute Gasteiger partial charge is 0.343 e. The largest absolute Gasteiger partial charge is 0.507 e. The van der Waals surface area contributed by atoms with Crippen LogP contribution in [0.4, 0.5) is 5.69 Å². The van der Waals surface area contributed by atoms with Crippen LogP contribution in [0.5, 0.6) is 17.2 Å². The van der Waals surface area contributed by atoms with Crippen LogP contribution >= 0.6 is 0 Å². The van der Waals surface area contributed by atoms with Crippen LogP contribution in [-0.2, 0) is 9.53 Å². The van der Waals surface area contributed by atoms with E-state index in [1.807, 2.05) is 13.0 Å². The molecule has 1 atom stereocenters. The van der Waals surface area contributed by atoms with Gasteiger partial charge in [-0.3, -0.25) is 4.79 Å². The number of nitrogens with one attached hydrogen (secondary N) is 1. The Morgan fingerprint density at radius 3 is 2.32 bits per heavy atom. The van der Waals surface area contributed by atoms with Crippen molar-refractivity contribution in [2.75, 3.05) is 19.5 Å². The average molecular weight is 421 g/mol. The van der Waals surface area contributed by atoms with Gasteiger partial charge in [0.1, 0.15) is 22.8 Å². The molecule has 2 N–H and O–H groups in total. The minimum absolute atomic E-state index is 0.0809. The number of ether oxygens (including phenoxy) is 3. The lowest BCUT2D eigenvalue weighted by Gasteiger charge is -2.19. The van der Waals surface area contributed by atoms with Crippen molar-refractivity contribution in [3.63, 3.8) is 0 Å². The molecule has 0 spiro atoms. The second kappa shape index (κ2) is 9.67. The van der Waals surface area contributed by atoms with E-state index in [1.54, 1.807) is 42.5 Å². The van der Waals surface area contributed by atoms with Gasteiger partial charge in [0.25, 0.3) is 5.91 Å². The number of amides is 1. The summed E-state index contributed by atoms with van der Waals surface area (Å²) >= 11 is 0. The van der Waals surface area contributed by atoms with Gasteiger partial charge in [0.05, 0.1) is 19.9 Å². The lowest BCUT2D eigenvalue weighted by molar-refractivity contribution is -0.125. The number of benzene rings is 3. The molecular weight excluding hydrogens is 398 g/mol. The summed E-state index contributed by atoms with van der Waals surface area (Å²) in [6.07, 6.45) is -1.25. The van der Waals surface area contributed by atoms with E-state index in [4.69, 9.17) is 14.2 Å². The predicted octanol–water partition coefficient (Wildman–Crippen LogP) is 4.25. The van der Waals surface area contributed by atoms with Crippen LogP contribution in [0, 0.1) is 6.92 Å². The number of phenols is 1. The molecule has 0 aromatic heterocycles. The van der Waals surface area contributed by atoms with Gasteiger partial charge in [-0.25, -0.2) is 4.79 Å². The zero-order chi connectivity index (χ0) is 22.4. The van der Waals surface area contributed by atoms with E-state index >= 15 is 0 Å². The van der Waals surface area contributed by atoms with E-state index in [1.165, 1.54) is 32.4 Å². The van der Waals surface area contributed by atoms with Gasteiger partial charge in [-0.15, -0.1) is 0 Å². The van der Waals surface area contributed by atoms with Crippen LogP contribution in [-0.4, -0.2) is 31.2 Å². The fourth-order valence-corrected chi connectivity index (χ4v) is 3.00. The van der Waals surface area contributed by atoms with E-state index in [0.717, 1.165) is 5.56 Å². The van der Waals surface area contributed by atoms with Crippen LogP contribution in [0.2, 0.25) is 0 Å². The zero-order valence-corrected chi connectivity index (χ0v) is 17.4. The van der Waals surface area contributed by atoms with Crippen molar-refractivity contribution in [3.05, 3.63) is 83.4 Å². The average Bonchev–Trinajstić information content (AvgIpc) is 2.77. The van der Waals surface area contributed by atoms with Gasteiger partial charge < -0.3 is 24.6 Å². The number of hydrogen-bond donors (Lipinski definition) is 2. The van der Waals surface area contributed by atoms with E-state index in [-0.39, 0.29) is 11.3 Å². The maximum Gasteiger partial charge on any atom is 0.343 e. The monoisotopic (exact) mass is 421 g/mol. The highest BCUT2D eigenvalue weighted by Gasteiger charge is 2.27. The van der Waals surface area contributed by atoms with Crippen LogP contribution in [0.3, 0.4) is 0 Å². The molecule has 0 unspecified atom stereocenters. The standard InChI is InChI=1S/C24H23NO6/c1-15-9-12-21(30-3)19(13-15)25-23(27)22(16-7-5-4-6-8-16)31-24(28)18-11-10-17(29-2)14-20(18)26/h4-14,22,26H,1-3H3,(H,25,27)/t22-/m0/s1. The molecule has 3 aromatic rings. The first kappa shape index (κ1) is 21.7. The normalized spacial score (nSPS) is 11.3. The van der Waals surface area contributed by atoms with Crippen molar-refractivity contribution >= 4 is 17.6 Å². The Labute approximate surface area is 180 Å². The molecule has 0 radical (unpaired) electrons. The Morgan fingerprint density at radius 1 is 0.935 bits per heavy atom. The lowest BCUT2D eigenvalue weighted by Crippen LogP contribution is -2.26. The molecule has 0 bridgehead atoms. The Bertz CT molecular complexity index is 1080. The molecule has 1 amide bonds. The van der Waals surface area contributed by atoms with Crippen LogP contribution in [0.15, 0.2) is 66.7 Å².